The Hall–Kier alpha value is -0.290. The van der Waals surface area contributed by atoms with Gasteiger partial charge in [-0.1, -0.05) is 6.92 Å². The normalized spacial score (nSPS) is 22.0. The minimum atomic E-state index is -4.20. The molecule has 1 fully saturated rings. The van der Waals surface area contributed by atoms with Crippen molar-refractivity contribution in [3.63, 3.8) is 0 Å². The predicted octanol–water partition coefficient (Wildman–Crippen LogP) is 1.17. The number of hydrogen-bond donors (Lipinski definition) is 1. The molecule has 1 saturated heterocycles. The summed E-state index contributed by atoms with van der Waals surface area (Å²) in [5, 5.41) is 2.99. The van der Waals surface area contributed by atoms with E-state index in [-0.39, 0.29) is 12.0 Å². The van der Waals surface area contributed by atoms with Crippen molar-refractivity contribution in [2.75, 3.05) is 26.3 Å². The molecule has 72 valence electrons. The van der Waals surface area contributed by atoms with Crippen molar-refractivity contribution in [2.24, 2.45) is 5.41 Å². The lowest BCUT2D eigenvalue weighted by Crippen LogP contribution is -2.54. The molecule has 0 aromatic heterocycles. The highest BCUT2D eigenvalue weighted by Crippen LogP contribution is 2.23. The Morgan fingerprint density at radius 2 is 2.00 bits per heavy atom. The summed E-state index contributed by atoms with van der Waals surface area (Å²) < 4.78 is 39.4. The summed E-state index contributed by atoms with van der Waals surface area (Å²) in [5.41, 5.74) is -0.0920. The van der Waals surface area contributed by atoms with Gasteiger partial charge in [-0.15, -0.1) is 0 Å². The fourth-order valence-corrected chi connectivity index (χ4v) is 1.07. The van der Waals surface area contributed by atoms with Crippen LogP contribution in [-0.4, -0.2) is 32.5 Å². The van der Waals surface area contributed by atoms with Crippen LogP contribution in [0.5, 0.6) is 0 Å². The van der Waals surface area contributed by atoms with Crippen LogP contribution in [0.25, 0.3) is 0 Å². The van der Waals surface area contributed by atoms with Crippen LogP contribution in [0.3, 0.4) is 0 Å². The zero-order chi connectivity index (χ0) is 9.24. The van der Waals surface area contributed by atoms with E-state index in [1.54, 1.807) is 0 Å². The molecule has 0 radical (unpaired) electrons. The predicted molar refractivity (Wildman–Crippen MR) is 37.9 cm³/mol. The van der Waals surface area contributed by atoms with Gasteiger partial charge in [-0.3, -0.25) is 0 Å². The molecular formula is C7H12F3NO. The fraction of sp³-hybridized carbons (Fsp3) is 1.00. The second-order valence-corrected chi connectivity index (χ2v) is 3.52. The Kier molecular flexibility index (Phi) is 2.63. The van der Waals surface area contributed by atoms with E-state index >= 15 is 0 Å². The smallest absolute Gasteiger partial charge is 0.371 e. The molecule has 1 aliphatic heterocycles. The van der Waals surface area contributed by atoms with Crippen LogP contribution in [0, 0.1) is 5.41 Å². The Labute approximate surface area is 69.1 Å². The first-order valence-electron chi connectivity index (χ1n) is 3.77. The van der Waals surface area contributed by atoms with Crippen LogP contribution < -0.4 is 5.32 Å². The van der Waals surface area contributed by atoms with Gasteiger partial charge in [0.2, 0.25) is 0 Å². The highest BCUT2D eigenvalue weighted by molar-refractivity contribution is 4.87. The molecule has 5 heteroatoms. The number of halogens is 3. The maximum Gasteiger partial charge on any atom is 0.411 e. The third kappa shape index (κ3) is 2.98. The van der Waals surface area contributed by atoms with E-state index in [0.717, 1.165) is 13.1 Å². The Morgan fingerprint density at radius 1 is 1.42 bits per heavy atom. The molecule has 12 heavy (non-hydrogen) atoms. The number of rotatable bonds is 3. The molecule has 0 aliphatic carbocycles. The van der Waals surface area contributed by atoms with Crippen molar-refractivity contribution in [1.29, 1.82) is 0 Å². The fourth-order valence-electron chi connectivity index (χ4n) is 1.07. The van der Waals surface area contributed by atoms with Gasteiger partial charge in [0.25, 0.3) is 0 Å². The summed E-state index contributed by atoms with van der Waals surface area (Å²) in [5.74, 6) is 0. The first-order valence-corrected chi connectivity index (χ1v) is 3.77. The largest absolute Gasteiger partial charge is 0.411 e. The van der Waals surface area contributed by atoms with Crippen molar-refractivity contribution >= 4 is 0 Å². The molecule has 2 nitrogen and oxygen atoms in total. The second kappa shape index (κ2) is 3.22. The van der Waals surface area contributed by atoms with Gasteiger partial charge in [-0.05, 0) is 0 Å². The molecule has 0 aromatic carbocycles. The number of nitrogens with one attached hydrogen (secondary N) is 1. The third-order valence-electron chi connectivity index (χ3n) is 1.82. The monoisotopic (exact) mass is 183 g/mol. The Bertz CT molecular complexity index is 153. The van der Waals surface area contributed by atoms with Crippen molar-refractivity contribution in [3.05, 3.63) is 0 Å². The Morgan fingerprint density at radius 3 is 2.33 bits per heavy atom. The molecule has 0 atom stereocenters. The Balaban J connectivity index is 2.10. The molecule has 0 aromatic rings. The average Bonchev–Trinajstić information content (AvgIpc) is 1.81. The quantitative estimate of drug-likeness (QED) is 0.709. The molecule has 0 saturated carbocycles. The maximum atomic E-state index is 11.6. The maximum absolute atomic E-state index is 11.6. The summed E-state index contributed by atoms with van der Waals surface area (Å²) >= 11 is 0. The average molecular weight is 183 g/mol. The summed E-state index contributed by atoms with van der Waals surface area (Å²) in [4.78, 5) is 0. The first-order chi connectivity index (χ1) is 5.41. The molecule has 0 unspecified atom stereocenters. The second-order valence-electron chi connectivity index (χ2n) is 3.52. The van der Waals surface area contributed by atoms with Crippen molar-refractivity contribution in [1.82, 2.24) is 5.32 Å². The summed E-state index contributed by atoms with van der Waals surface area (Å²) in [6.45, 7) is 2.43. The summed E-state index contributed by atoms with van der Waals surface area (Å²) in [6.07, 6.45) is -4.20. The lowest BCUT2D eigenvalue weighted by molar-refractivity contribution is -0.182. The number of hydrogen-bond acceptors (Lipinski definition) is 2. The van der Waals surface area contributed by atoms with Crippen LogP contribution >= 0.6 is 0 Å². The minimum absolute atomic E-state index is 0.0920. The topological polar surface area (TPSA) is 21.3 Å². The zero-order valence-corrected chi connectivity index (χ0v) is 6.87. The zero-order valence-electron chi connectivity index (χ0n) is 6.87. The van der Waals surface area contributed by atoms with Crippen LogP contribution in [0.15, 0.2) is 0 Å². The standard InChI is InChI=1S/C7H12F3NO/c1-6(2-11-3-6)4-12-5-7(8,9)10/h11H,2-5H2,1H3. The SMILES string of the molecule is CC1(COCC(F)(F)F)CNC1. The van der Waals surface area contributed by atoms with Gasteiger partial charge in [0.15, 0.2) is 0 Å². The highest BCUT2D eigenvalue weighted by atomic mass is 19.4. The van der Waals surface area contributed by atoms with Crippen LogP contribution in [0.2, 0.25) is 0 Å². The van der Waals surface area contributed by atoms with Gasteiger partial charge >= 0.3 is 6.18 Å². The molecule has 1 N–H and O–H groups in total. The van der Waals surface area contributed by atoms with E-state index in [0.29, 0.717) is 0 Å². The third-order valence-corrected chi connectivity index (χ3v) is 1.82. The van der Waals surface area contributed by atoms with Crippen molar-refractivity contribution in [2.45, 2.75) is 13.1 Å². The summed E-state index contributed by atoms with van der Waals surface area (Å²) in [7, 11) is 0. The van der Waals surface area contributed by atoms with Gasteiger partial charge in [0.05, 0.1) is 6.61 Å². The van der Waals surface area contributed by atoms with E-state index in [4.69, 9.17) is 0 Å². The number of alkyl halides is 3. The van der Waals surface area contributed by atoms with Crippen LogP contribution in [0.4, 0.5) is 13.2 Å². The van der Waals surface area contributed by atoms with Gasteiger partial charge in [0.1, 0.15) is 6.61 Å². The van der Waals surface area contributed by atoms with Gasteiger partial charge < -0.3 is 10.1 Å². The molecule has 1 heterocycles. The molecular weight excluding hydrogens is 171 g/mol. The van der Waals surface area contributed by atoms with E-state index in [1.807, 2.05) is 6.92 Å². The number of ether oxygens (including phenoxy) is 1. The van der Waals surface area contributed by atoms with E-state index < -0.39 is 12.8 Å². The van der Waals surface area contributed by atoms with Crippen molar-refractivity contribution < 1.29 is 17.9 Å². The van der Waals surface area contributed by atoms with Gasteiger partial charge in [-0.25, -0.2) is 0 Å². The first kappa shape index (κ1) is 9.80. The molecule has 0 bridgehead atoms. The minimum Gasteiger partial charge on any atom is -0.371 e. The van der Waals surface area contributed by atoms with Gasteiger partial charge in [0, 0.05) is 18.5 Å². The van der Waals surface area contributed by atoms with E-state index in [9.17, 15) is 13.2 Å². The lowest BCUT2D eigenvalue weighted by Gasteiger charge is -2.38. The van der Waals surface area contributed by atoms with E-state index in [2.05, 4.69) is 10.1 Å². The van der Waals surface area contributed by atoms with Crippen molar-refractivity contribution in [3.8, 4) is 0 Å². The highest BCUT2D eigenvalue weighted by Gasteiger charge is 2.34. The van der Waals surface area contributed by atoms with Gasteiger partial charge in [-0.2, -0.15) is 13.2 Å². The van der Waals surface area contributed by atoms with E-state index in [1.165, 1.54) is 0 Å². The molecule has 0 spiro atoms. The summed E-state index contributed by atoms with van der Waals surface area (Å²) in [6, 6.07) is 0. The molecule has 0 amide bonds. The molecule has 1 aliphatic rings. The van der Waals surface area contributed by atoms with Crippen LogP contribution in [-0.2, 0) is 4.74 Å². The molecule has 1 rings (SSSR count). The van der Waals surface area contributed by atoms with Crippen LogP contribution in [0.1, 0.15) is 6.92 Å². The lowest BCUT2D eigenvalue weighted by atomic mass is 9.85.